The molecule has 0 spiro atoms. The second kappa shape index (κ2) is 5.10. The van der Waals surface area contributed by atoms with Crippen LogP contribution in [0.5, 0.6) is 0 Å². The van der Waals surface area contributed by atoms with Gasteiger partial charge in [0.2, 0.25) is 0 Å². The van der Waals surface area contributed by atoms with Gasteiger partial charge in [-0.15, -0.1) is 0 Å². The van der Waals surface area contributed by atoms with Crippen molar-refractivity contribution in [1.82, 2.24) is 9.97 Å². The minimum Gasteiger partial charge on any atom is -0.327 e. The van der Waals surface area contributed by atoms with Gasteiger partial charge in [0.1, 0.15) is 6.33 Å². The standard InChI is InChI=1S/C17H25N3/c18-16(6-13-8-19-10-20-9-13)7-17-14-2-11-1-12(4-14)5-15(17)3-11/h8-12,14-17H,1-7,18H2. The summed E-state index contributed by atoms with van der Waals surface area (Å²) < 4.78 is 0. The summed E-state index contributed by atoms with van der Waals surface area (Å²) in [6.07, 6.45) is 15.1. The van der Waals surface area contributed by atoms with Crippen LogP contribution in [0.1, 0.15) is 44.1 Å². The molecular weight excluding hydrogens is 246 g/mol. The van der Waals surface area contributed by atoms with Crippen LogP contribution in [-0.4, -0.2) is 16.0 Å². The third-order valence-electron chi connectivity index (χ3n) is 6.11. The molecule has 1 heterocycles. The average Bonchev–Trinajstić information content (AvgIpc) is 2.43. The minimum atomic E-state index is 0.281. The van der Waals surface area contributed by atoms with Gasteiger partial charge in [-0.25, -0.2) is 9.97 Å². The van der Waals surface area contributed by atoms with Crippen LogP contribution in [0.3, 0.4) is 0 Å². The van der Waals surface area contributed by atoms with Crippen molar-refractivity contribution in [3.63, 3.8) is 0 Å². The molecule has 0 radical (unpaired) electrons. The summed E-state index contributed by atoms with van der Waals surface area (Å²) in [5.41, 5.74) is 7.61. The van der Waals surface area contributed by atoms with Gasteiger partial charge in [0.25, 0.3) is 0 Å². The molecule has 0 saturated heterocycles. The van der Waals surface area contributed by atoms with Gasteiger partial charge in [0.05, 0.1) is 0 Å². The molecule has 1 aromatic heterocycles. The van der Waals surface area contributed by atoms with Gasteiger partial charge in [-0.1, -0.05) is 0 Å². The Labute approximate surface area is 121 Å². The Bertz CT molecular complexity index is 431. The smallest absolute Gasteiger partial charge is 0.115 e. The number of rotatable bonds is 4. The highest BCUT2D eigenvalue weighted by molar-refractivity contribution is 5.05. The zero-order valence-electron chi connectivity index (χ0n) is 12.1. The summed E-state index contributed by atoms with van der Waals surface area (Å²) in [5, 5.41) is 0. The van der Waals surface area contributed by atoms with Gasteiger partial charge in [0.15, 0.2) is 0 Å². The molecule has 5 rings (SSSR count). The molecule has 0 aromatic carbocycles. The predicted octanol–water partition coefficient (Wildman–Crippen LogP) is 2.81. The fourth-order valence-corrected chi connectivity index (χ4v) is 5.59. The molecule has 4 aliphatic carbocycles. The van der Waals surface area contributed by atoms with Crippen molar-refractivity contribution in [2.45, 2.75) is 51.0 Å². The molecule has 4 saturated carbocycles. The molecule has 4 bridgehead atoms. The lowest BCUT2D eigenvalue weighted by atomic mass is 9.51. The third kappa shape index (κ3) is 2.37. The average molecular weight is 271 g/mol. The molecule has 108 valence electrons. The number of nitrogens with zero attached hydrogens (tertiary/aromatic N) is 2. The first-order valence-electron chi connectivity index (χ1n) is 8.27. The van der Waals surface area contributed by atoms with Crippen molar-refractivity contribution in [3.8, 4) is 0 Å². The van der Waals surface area contributed by atoms with E-state index in [4.69, 9.17) is 5.73 Å². The maximum absolute atomic E-state index is 6.43. The van der Waals surface area contributed by atoms with Crippen molar-refractivity contribution < 1.29 is 0 Å². The Hall–Kier alpha value is -0.960. The molecule has 2 N–H and O–H groups in total. The van der Waals surface area contributed by atoms with Gasteiger partial charge in [0, 0.05) is 18.4 Å². The highest BCUT2D eigenvalue weighted by atomic mass is 14.8. The number of hydrogen-bond acceptors (Lipinski definition) is 3. The molecule has 0 amide bonds. The van der Waals surface area contributed by atoms with Crippen molar-refractivity contribution in [2.24, 2.45) is 35.3 Å². The normalized spacial score (nSPS) is 40.0. The van der Waals surface area contributed by atoms with E-state index in [9.17, 15) is 0 Å². The molecule has 1 unspecified atom stereocenters. The van der Waals surface area contributed by atoms with Crippen LogP contribution in [-0.2, 0) is 6.42 Å². The first kappa shape index (κ1) is 12.8. The first-order valence-corrected chi connectivity index (χ1v) is 8.27. The van der Waals surface area contributed by atoms with Crippen molar-refractivity contribution in [3.05, 3.63) is 24.3 Å². The topological polar surface area (TPSA) is 51.8 Å². The fraction of sp³-hybridized carbons (Fsp3) is 0.765. The Morgan fingerprint density at radius 2 is 1.60 bits per heavy atom. The zero-order valence-corrected chi connectivity index (χ0v) is 12.1. The molecule has 1 atom stereocenters. The van der Waals surface area contributed by atoms with E-state index in [2.05, 4.69) is 9.97 Å². The number of nitrogens with two attached hydrogens (primary N) is 1. The van der Waals surface area contributed by atoms with Crippen LogP contribution in [0.2, 0.25) is 0 Å². The fourth-order valence-electron chi connectivity index (χ4n) is 5.59. The monoisotopic (exact) mass is 271 g/mol. The summed E-state index contributed by atoms with van der Waals surface area (Å²) >= 11 is 0. The lowest BCUT2D eigenvalue weighted by Crippen LogP contribution is -2.47. The van der Waals surface area contributed by atoms with E-state index in [0.717, 1.165) is 36.0 Å². The van der Waals surface area contributed by atoms with Crippen molar-refractivity contribution in [1.29, 1.82) is 0 Å². The summed E-state index contributed by atoms with van der Waals surface area (Å²) in [7, 11) is 0. The largest absolute Gasteiger partial charge is 0.327 e. The van der Waals surface area contributed by atoms with E-state index in [1.165, 1.54) is 44.1 Å². The second-order valence-electron chi connectivity index (χ2n) is 7.54. The molecule has 0 aliphatic heterocycles. The van der Waals surface area contributed by atoms with Crippen LogP contribution in [0, 0.1) is 29.6 Å². The van der Waals surface area contributed by atoms with E-state index in [1.807, 2.05) is 12.4 Å². The van der Waals surface area contributed by atoms with E-state index >= 15 is 0 Å². The van der Waals surface area contributed by atoms with Crippen LogP contribution < -0.4 is 5.73 Å². The molecule has 3 nitrogen and oxygen atoms in total. The Morgan fingerprint density at radius 3 is 2.20 bits per heavy atom. The second-order valence-corrected chi connectivity index (χ2v) is 7.54. The molecule has 1 aromatic rings. The van der Waals surface area contributed by atoms with Crippen molar-refractivity contribution in [2.75, 3.05) is 0 Å². The minimum absolute atomic E-state index is 0.281. The van der Waals surface area contributed by atoms with E-state index in [-0.39, 0.29) is 6.04 Å². The lowest BCUT2D eigenvalue weighted by molar-refractivity contribution is -0.0419. The summed E-state index contributed by atoms with van der Waals surface area (Å²) in [6, 6.07) is 0.281. The maximum Gasteiger partial charge on any atom is 0.115 e. The number of aromatic nitrogens is 2. The van der Waals surface area contributed by atoms with Gasteiger partial charge < -0.3 is 5.73 Å². The van der Waals surface area contributed by atoms with E-state index in [0.29, 0.717) is 0 Å². The Kier molecular flexibility index (Phi) is 3.25. The molecular formula is C17H25N3. The van der Waals surface area contributed by atoms with Crippen LogP contribution in [0.4, 0.5) is 0 Å². The van der Waals surface area contributed by atoms with E-state index in [1.54, 1.807) is 6.33 Å². The molecule has 4 fully saturated rings. The Morgan fingerprint density at radius 1 is 1.00 bits per heavy atom. The third-order valence-corrected chi connectivity index (χ3v) is 6.11. The predicted molar refractivity (Wildman–Crippen MR) is 78.9 cm³/mol. The summed E-state index contributed by atoms with van der Waals surface area (Å²) in [4.78, 5) is 8.18. The number of hydrogen-bond donors (Lipinski definition) is 1. The molecule has 20 heavy (non-hydrogen) atoms. The molecule has 3 heteroatoms. The molecule has 4 aliphatic rings. The summed E-state index contributed by atoms with van der Waals surface area (Å²) in [5.74, 6) is 5.01. The van der Waals surface area contributed by atoms with Gasteiger partial charge in [-0.2, -0.15) is 0 Å². The first-order chi connectivity index (χ1) is 9.78. The van der Waals surface area contributed by atoms with Crippen LogP contribution in [0.25, 0.3) is 0 Å². The lowest BCUT2D eigenvalue weighted by Gasteiger charge is -2.55. The van der Waals surface area contributed by atoms with Gasteiger partial charge >= 0.3 is 0 Å². The Balaban J connectivity index is 1.39. The van der Waals surface area contributed by atoms with Crippen LogP contribution in [0.15, 0.2) is 18.7 Å². The zero-order chi connectivity index (χ0) is 13.5. The highest BCUT2D eigenvalue weighted by Gasteiger charge is 2.48. The van der Waals surface area contributed by atoms with E-state index < -0.39 is 0 Å². The van der Waals surface area contributed by atoms with Gasteiger partial charge in [-0.05, 0) is 80.1 Å². The highest BCUT2D eigenvalue weighted by Crippen LogP contribution is 2.57. The SMILES string of the molecule is NC(Cc1cncnc1)CC1C2CC3CC(C2)CC1C3. The quantitative estimate of drug-likeness (QED) is 0.916. The maximum atomic E-state index is 6.43. The van der Waals surface area contributed by atoms with Crippen LogP contribution >= 0.6 is 0 Å². The van der Waals surface area contributed by atoms with Crippen molar-refractivity contribution >= 4 is 0 Å². The summed E-state index contributed by atoms with van der Waals surface area (Å²) in [6.45, 7) is 0. The van der Waals surface area contributed by atoms with Gasteiger partial charge in [-0.3, -0.25) is 0 Å².